The Labute approximate surface area is 112 Å². The zero-order valence-corrected chi connectivity index (χ0v) is 10.1. The number of anilines is 1. The highest BCUT2D eigenvalue weighted by molar-refractivity contribution is 5.66. The van der Waals surface area contributed by atoms with Crippen LogP contribution in [0.25, 0.3) is 0 Å². The van der Waals surface area contributed by atoms with Gasteiger partial charge in [0.25, 0.3) is 0 Å². The number of hydrogen-bond acceptors (Lipinski definition) is 7. The van der Waals surface area contributed by atoms with Gasteiger partial charge in [0.1, 0.15) is 12.2 Å². The molecular weight excluding hydrogens is 268 g/mol. The van der Waals surface area contributed by atoms with E-state index in [4.69, 9.17) is 5.11 Å². The summed E-state index contributed by atoms with van der Waals surface area (Å²) in [6.45, 7) is -0.145. The molecule has 0 atom stereocenters. The van der Waals surface area contributed by atoms with Crippen LogP contribution in [0.5, 0.6) is 0 Å². The molecule has 0 unspecified atom stereocenters. The van der Waals surface area contributed by atoms with E-state index >= 15 is 0 Å². The molecule has 0 amide bonds. The van der Waals surface area contributed by atoms with Gasteiger partial charge in [0.05, 0.1) is 17.7 Å². The monoisotopic (exact) mass is 278 g/mol. The van der Waals surface area contributed by atoms with Crippen molar-refractivity contribution >= 4 is 17.5 Å². The van der Waals surface area contributed by atoms with Crippen LogP contribution < -0.4 is 5.32 Å². The van der Waals surface area contributed by atoms with E-state index in [1.165, 1.54) is 24.5 Å². The summed E-state index contributed by atoms with van der Waals surface area (Å²) in [5.41, 5.74) is 0.302. The minimum atomic E-state index is -1.03. The molecule has 0 aliphatic carbocycles. The van der Waals surface area contributed by atoms with Gasteiger partial charge in [0.2, 0.25) is 5.82 Å². The maximum Gasteiger partial charge on any atom is 0.325 e. The molecule has 20 heavy (non-hydrogen) atoms. The maximum atomic E-state index is 10.8. The van der Waals surface area contributed by atoms with Gasteiger partial charge in [-0.15, -0.1) is 5.10 Å². The van der Waals surface area contributed by atoms with E-state index in [0.717, 1.165) is 4.68 Å². The zero-order valence-electron chi connectivity index (χ0n) is 10.1. The highest BCUT2D eigenvalue weighted by Gasteiger charge is 2.14. The largest absolute Gasteiger partial charge is 0.480 e. The van der Waals surface area contributed by atoms with Crippen LogP contribution in [0.4, 0.5) is 11.5 Å². The molecule has 10 nitrogen and oxygen atoms in total. The van der Waals surface area contributed by atoms with E-state index in [0.29, 0.717) is 5.69 Å². The van der Waals surface area contributed by atoms with Gasteiger partial charge in [-0.1, -0.05) is 5.21 Å². The quantitative estimate of drug-likeness (QED) is 0.567. The third kappa shape index (κ3) is 3.25. The average Bonchev–Trinajstić information content (AvgIpc) is 2.83. The molecular formula is C10H10N6O4. The maximum absolute atomic E-state index is 10.8. The smallest absolute Gasteiger partial charge is 0.325 e. The molecule has 0 bridgehead atoms. The molecule has 2 rings (SSSR count). The Morgan fingerprint density at radius 1 is 1.55 bits per heavy atom. The van der Waals surface area contributed by atoms with E-state index < -0.39 is 10.9 Å². The van der Waals surface area contributed by atoms with Gasteiger partial charge < -0.3 is 10.4 Å². The lowest BCUT2D eigenvalue weighted by atomic mass is 10.4. The van der Waals surface area contributed by atoms with Crippen LogP contribution in [0.15, 0.2) is 24.5 Å². The molecule has 2 heterocycles. The summed E-state index contributed by atoms with van der Waals surface area (Å²) in [6, 6.07) is 2.79. The number of nitrogens with zero attached hydrogens (tertiary/aromatic N) is 5. The topological polar surface area (TPSA) is 136 Å². The molecule has 0 aromatic carbocycles. The fourth-order valence-electron chi connectivity index (χ4n) is 1.49. The predicted molar refractivity (Wildman–Crippen MR) is 65.9 cm³/mol. The van der Waals surface area contributed by atoms with Crippen LogP contribution in [0.3, 0.4) is 0 Å². The fourth-order valence-corrected chi connectivity index (χ4v) is 1.49. The van der Waals surface area contributed by atoms with Crippen molar-refractivity contribution in [1.82, 2.24) is 20.0 Å². The van der Waals surface area contributed by atoms with E-state index in [2.05, 4.69) is 20.6 Å². The van der Waals surface area contributed by atoms with Crippen molar-refractivity contribution in [3.8, 4) is 0 Å². The molecule has 0 aliphatic heterocycles. The molecule has 0 fully saturated rings. The first-order chi connectivity index (χ1) is 9.56. The molecule has 2 N–H and O–H groups in total. The fraction of sp³-hybridized carbons (Fsp3) is 0.200. The van der Waals surface area contributed by atoms with Crippen molar-refractivity contribution in [3.05, 3.63) is 40.3 Å². The summed E-state index contributed by atoms with van der Waals surface area (Å²) < 4.78 is 1.16. The van der Waals surface area contributed by atoms with Crippen molar-refractivity contribution in [3.63, 3.8) is 0 Å². The summed E-state index contributed by atoms with van der Waals surface area (Å²) in [6.07, 6.45) is 2.87. The highest BCUT2D eigenvalue weighted by atomic mass is 16.6. The van der Waals surface area contributed by atoms with Gasteiger partial charge in [0.15, 0.2) is 0 Å². The Morgan fingerprint density at radius 3 is 3.05 bits per heavy atom. The summed E-state index contributed by atoms with van der Waals surface area (Å²) >= 11 is 0. The molecule has 2 aromatic rings. The second-order valence-corrected chi connectivity index (χ2v) is 3.78. The van der Waals surface area contributed by atoms with Crippen LogP contribution in [0.2, 0.25) is 0 Å². The van der Waals surface area contributed by atoms with Gasteiger partial charge in [-0.3, -0.25) is 14.9 Å². The van der Waals surface area contributed by atoms with Crippen molar-refractivity contribution in [2.45, 2.75) is 13.1 Å². The van der Waals surface area contributed by atoms with Gasteiger partial charge in [-0.25, -0.2) is 9.67 Å². The number of carboxylic acids is 1. The van der Waals surface area contributed by atoms with Crippen LogP contribution in [0, 0.1) is 10.1 Å². The van der Waals surface area contributed by atoms with E-state index in [1.807, 2.05) is 0 Å². The third-order valence-corrected chi connectivity index (χ3v) is 2.30. The van der Waals surface area contributed by atoms with Crippen LogP contribution >= 0.6 is 0 Å². The highest BCUT2D eigenvalue weighted by Crippen LogP contribution is 2.20. The standard InChI is InChI=1S/C10H10N6O4/c17-9(18)6-15-5-7(13-14-15)4-12-10-8(16(19)20)2-1-3-11-10/h1-3,5H,4,6H2,(H,11,12)(H,17,18). The number of aromatic nitrogens is 4. The minimum Gasteiger partial charge on any atom is -0.480 e. The van der Waals surface area contributed by atoms with Gasteiger partial charge in [0, 0.05) is 12.3 Å². The van der Waals surface area contributed by atoms with Gasteiger partial charge >= 0.3 is 11.7 Å². The van der Waals surface area contributed by atoms with Crippen molar-refractivity contribution in [2.24, 2.45) is 0 Å². The summed E-state index contributed by atoms with van der Waals surface area (Å²) in [7, 11) is 0. The van der Waals surface area contributed by atoms with E-state index in [1.54, 1.807) is 0 Å². The minimum absolute atomic E-state index is 0.116. The lowest BCUT2D eigenvalue weighted by Crippen LogP contribution is -2.09. The van der Waals surface area contributed by atoms with Crippen molar-refractivity contribution < 1.29 is 14.8 Å². The Kier molecular flexibility index (Phi) is 3.84. The number of carbonyl (C=O) groups is 1. The summed E-state index contributed by atoms with van der Waals surface area (Å²) in [5, 5.41) is 29.5. The first kappa shape index (κ1) is 13.4. The lowest BCUT2D eigenvalue weighted by molar-refractivity contribution is -0.384. The number of nitro groups is 1. The van der Waals surface area contributed by atoms with Gasteiger partial charge in [-0.2, -0.15) is 0 Å². The van der Waals surface area contributed by atoms with Crippen LogP contribution in [-0.2, 0) is 17.9 Å². The Balaban J connectivity index is 2.04. The second kappa shape index (κ2) is 5.73. The molecule has 0 radical (unpaired) electrons. The Hall–Kier alpha value is -3.04. The average molecular weight is 278 g/mol. The second-order valence-electron chi connectivity index (χ2n) is 3.78. The molecule has 0 aliphatic rings. The zero-order chi connectivity index (χ0) is 14.5. The van der Waals surface area contributed by atoms with Crippen molar-refractivity contribution in [1.29, 1.82) is 0 Å². The first-order valence-electron chi connectivity index (χ1n) is 5.50. The molecule has 0 spiro atoms. The van der Waals surface area contributed by atoms with E-state index in [-0.39, 0.29) is 24.6 Å². The number of hydrogen-bond donors (Lipinski definition) is 2. The number of rotatable bonds is 6. The number of pyridine rings is 1. The first-order valence-corrected chi connectivity index (χ1v) is 5.50. The molecule has 0 saturated heterocycles. The number of aliphatic carboxylic acids is 1. The van der Waals surface area contributed by atoms with Crippen LogP contribution in [-0.4, -0.2) is 36.0 Å². The SMILES string of the molecule is O=C(O)Cn1cc(CNc2ncccc2[N+](=O)[O-])nn1. The Morgan fingerprint density at radius 2 is 2.35 bits per heavy atom. The normalized spacial score (nSPS) is 10.2. The van der Waals surface area contributed by atoms with E-state index in [9.17, 15) is 14.9 Å². The number of carboxylic acid groups (broad SMARTS) is 1. The third-order valence-electron chi connectivity index (χ3n) is 2.30. The predicted octanol–water partition coefficient (Wildman–Crippen LogP) is 0.278. The van der Waals surface area contributed by atoms with Crippen molar-refractivity contribution in [2.75, 3.05) is 5.32 Å². The Bertz CT molecular complexity index is 640. The molecule has 0 saturated carbocycles. The number of nitrogens with one attached hydrogen (secondary N) is 1. The molecule has 2 aromatic heterocycles. The summed E-state index contributed by atoms with van der Waals surface area (Å²) in [5.74, 6) is -0.917. The lowest BCUT2D eigenvalue weighted by Gasteiger charge is -2.03. The molecule has 104 valence electrons. The molecule has 10 heteroatoms. The van der Waals surface area contributed by atoms with Crippen LogP contribution in [0.1, 0.15) is 5.69 Å². The summed E-state index contributed by atoms with van der Waals surface area (Å²) in [4.78, 5) is 24.6. The van der Waals surface area contributed by atoms with Gasteiger partial charge in [-0.05, 0) is 6.07 Å².